The van der Waals surface area contributed by atoms with E-state index in [-0.39, 0.29) is 17.8 Å². The monoisotopic (exact) mass is 1170 g/mol. The van der Waals surface area contributed by atoms with Crippen molar-refractivity contribution < 1.29 is 52.7 Å². The number of hydrogen-bond donors (Lipinski definition) is 5. The number of carbonyl (C=O) groups is 4. The Labute approximate surface area is 487 Å². The zero-order valence-corrected chi connectivity index (χ0v) is 49.3. The molecule has 2 unspecified atom stereocenters. The van der Waals surface area contributed by atoms with Gasteiger partial charge in [-0.25, -0.2) is 19.6 Å². The number of fused-ring (bicyclic) bond motifs is 2. The largest absolute Gasteiger partial charge is 0.493 e. The van der Waals surface area contributed by atoms with Crippen molar-refractivity contribution in [3.05, 3.63) is 107 Å². The Morgan fingerprint density at radius 1 is 0.566 bits per heavy atom. The van der Waals surface area contributed by atoms with Crippen LogP contribution in [0.5, 0.6) is 23.0 Å². The van der Waals surface area contributed by atoms with Crippen molar-refractivity contribution in [3.8, 4) is 23.0 Å². The van der Waals surface area contributed by atoms with Gasteiger partial charge in [0.05, 0.1) is 62.4 Å². The fourth-order valence-electron chi connectivity index (χ4n) is 8.59. The summed E-state index contributed by atoms with van der Waals surface area (Å²) in [6, 6.07) is 24.4. The number of esters is 2. The number of rotatable bonds is 15. The lowest BCUT2D eigenvalue weighted by Gasteiger charge is -2.19. The first-order chi connectivity index (χ1) is 39.6. The van der Waals surface area contributed by atoms with Gasteiger partial charge in [-0.05, 0) is 127 Å². The molecule has 2 atom stereocenters. The van der Waals surface area contributed by atoms with E-state index in [1.807, 2.05) is 81.7 Å². The van der Waals surface area contributed by atoms with Gasteiger partial charge >= 0.3 is 17.9 Å². The van der Waals surface area contributed by atoms with Crippen molar-refractivity contribution in [1.82, 2.24) is 29.9 Å². The first-order valence-corrected chi connectivity index (χ1v) is 28.0. The Morgan fingerprint density at radius 3 is 1.39 bits per heavy atom. The summed E-state index contributed by atoms with van der Waals surface area (Å²) in [5.74, 6) is 2.35. The minimum absolute atomic E-state index is 0.0972. The van der Waals surface area contributed by atoms with E-state index in [1.165, 1.54) is 22.7 Å². The van der Waals surface area contributed by atoms with Gasteiger partial charge in [-0.2, -0.15) is 19.9 Å². The second-order valence-electron chi connectivity index (χ2n) is 21.0. The molecule has 1 amide bonds. The number of hydrogen-bond acceptors (Lipinski definition) is 23. The zero-order valence-electron chi connectivity index (χ0n) is 47.6. The molecule has 0 radical (unpaired) electrons. The van der Waals surface area contributed by atoms with E-state index >= 15 is 0 Å². The van der Waals surface area contributed by atoms with Crippen LogP contribution in [0.3, 0.4) is 0 Å². The third-order valence-corrected chi connectivity index (χ3v) is 14.1. The van der Waals surface area contributed by atoms with E-state index in [1.54, 1.807) is 94.1 Å². The summed E-state index contributed by atoms with van der Waals surface area (Å²) in [5.41, 5.74) is 13.0. The third-order valence-electron chi connectivity index (χ3n) is 12.7. The molecule has 436 valence electrons. The minimum atomic E-state index is -0.787. The Hall–Kier alpha value is -9.10. The lowest BCUT2D eigenvalue weighted by molar-refractivity contribution is -0.141. The van der Waals surface area contributed by atoms with Gasteiger partial charge in [-0.3, -0.25) is 9.59 Å². The summed E-state index contributed by atoms with van der Waals surface area (Å²) in [6.07, 6.45) is 1.24. The van der Waals surface area contributed by atoms with E-state index < -0.39 is 29.1 Å². The number of ether oxygens (including phenoxy) is 6. The molecular weight excluding hydrogens is 1100 g/mol. The number of aliphatic carboxylic acids is 1. The fraction of sp³-hybridized carbons (Fsp3) is 0.345. The standard InChI is InChI=1S/C29H32N6O5S.C18H19N5O4S.C11H15NO2/c1-29(2,3)40-27(37)17-6-8-19(9-7-17)32-25(36)18-12-13-35(15-18)28-33-24(23-26(34-28)41-16-30-23)31-20-10-11-21(38-4)22(14-20)39-5;1-26-12-4-3-11(7-13(12)27-2)20-15-14-16(28-9-19-14)22-18(21-15)23-6-5-10(8-23)17(24)25;1-11(2,3)14-10(13)8-4-6-9(12)7-5-8/h6-11,14,16,18H,12-13,15H2,1-5H3,(H,32,36)(H,31,33,34);3-4,7,9-10H,5-6,8H2,1-2H3,(H,24,25)(H,20,21,22);4-7H,12H2,1-3H3. The number of nitrogens with zero attached hydrogens (tertiary/aromatic N) is 8. The summed E-state index contributed by atoms with van der Waals surface area (Å²) in [5, 5.41) is 18.8. The van der Waals surface area contributed by atoms with Crippen LogP contribution < -0.4 is 50.4 Å². The van der Waals surface area contributed by atoms with Crippen LogP contribution >= 0.6 is 22.7 Å². The smallest absolute Gasteiger partial charge is 0.338 e. The van der Waals surface area contributed by atoms with Gasteiger partial charge in [0, 0.05) is 61.1 Å². The molecule has 4 aromatic carbocycles. The van der Waals surface area contributed by atoms with Gasteiger partial charge in [-0.15, -0.1) is 22.7 Å². The second kappa shape index (κ2) is 26.2. The number of thiazole rings is 2. The number of nitrogen functional groups attached to an aromatic ring is 1. The number of carbonyl (C=O) groups excluding carboxylic acids is 3. The number of carboxylic acid groups (broad SMARTS) is 1. The molecule has 23 nitrogen and oxygen atoms in total. The molecule has 6 N–H and O–H groups in total. The van der Waals surface area contributed by atoms with Crippen molar-refractivity contribution in [2.45, 2.75) is 65.6 Å². The van der Waals surface area contributed by atoms with Gasteiger partial charge in [0.25, 0.3) is 0 Å². The molecule has 6 heterocycles. The maximum Gasteiger partial charge on any atom is 0.338 e. The lowest BCUT2D eigenvalue weighted by Crippen LogP contribution is -2.28. The van der Waals surface area contributed by atoms with Crippen molar-refractivity contribution >= 4 is 113 Å². The molecule has 2 aliphatic rings. The lowest BCUT2D eigenvalue weighted by atomic mass is 10.1. The van der Waals surface area contributed by atoms with Crippen LogP contribution in [0.2, 0.25) is 0 Å². The van der Waals surface area contributed by atoms with E-state index in [0.29, 0.717) is 119 Å². The molecule has 2 aliphatic heterocycles. The summed E-state index contributed by atoms with van der Waals surface area (Å²) < 4.78 is 32.0. The van der Waals surface area contributed by atoms with Gasteiger partial charge in [-0.1, -0.05) is 0 Å². The minimum Gasteiger partial charge on any atom is -0.493 e. The summed E-state index contributed by atoms with van der Waals surface area (Å²) in [7, 11) is 6.34. The molecule has 8 aromatic rings. The maximum absolute atomic E-state index is 13.1. The highest BCUT2D eigenvalue weighted by Crippen LogP contribution is 2.36. The zero-order chi connectivity index (χ0) is 59.6. The van der Waals surface area contributed by atoms with Crippen LogP contribution in [0, 0.1) is 11.8 Å². The Balaban J connectivity index is 0.000000184. The molecule has 10 rings (SSSR count). The van der Waals surface area contributed by atoms with Crippen LogP contribution in [0.25, 0.3) is 20.7 Å². The topological polar surface area (TPSA) is 290 Å². The van der Waals surface area contributed by atoms with Gasteiger partial charge < -0.3 is 65.0 Å². The van der Waals surface area contributed by atoms with E-state index in [4.69, 9.17) is 44.1 Å². The molecule has 2 saturated heterocycles. The third kappa shape index (κ3) is 15.7. The van der Waals surface area contributed by atoms with Crippen molar-refractivity contribution in [1.29, 1.82) is 0 Å². The van der Waals surface area contributed by atoms with E-state index in [0.717, 1.165) is 21.0 Å². The number of benzene rings is 4. The predicted molar refractivity (Wildman–Crippen MR) is 321 cm³/mol. The summed E-state index contributed by atoms with van der Waals surface area (Å²) in [6.45, 7) is 13.1. The fourth-order valence-corrected chi connectivity index (χ4v) is 9.89. The molecule has 0 bridgehead atoms. The van der Waals surface area contributed by atoms with Gasteiger partial charge in [0.2, 0.25) is 17.8 Å². The van der Waals surface area contributed by atoms with Crippen molar-refractivity contribution in [2.75, 3.05) is 86.1 Å². The highest BCUT2D eigenvalue weighted by atomic mass is 32.1. The number of carboxylic acids is 1. The number of anilines is 8. The van der Waals surface area contributed by atoms with Crippen molar-refractivity contribution in [2.24, 2.45) is 11.8 Å². The summed E-state index contributed by atoms with van der Waals surface area (Å²) in [4.78, 5) is 81.0. The first kappa shape index (κ1) is 60.0. The Morgan fingerprint density at radius 2 is 0.976 bits per heavy atom. The highest BCUT2D eigenvalue weighted by Gasteiger charge is 2.32. The number of aromatic nitrogens is 6. The maximum atomic E-state index is 13.1. The van der Waals surface area contributed by atoms with Crippen molar-refractivity contribution in [3.63, 3.8) is 0 Å². The van der Waals surface area contributed by atoms with Gasteiger partial charge in [0.15, 0.2) is 44.3 Å². The molecule has 0 saturated carbocycles. The molecule has 0 spiro atoms. The van der Waals surface area contributed by atoms with Crippen LogP contribution in [0.4, 0.5) is 46.3 Å². The molecule has 0 aliphatic carbocycles. The quantitative estimate of drug-likeness (QED) is 0.0471. The average Bonchev–Trinajstić information content (AvgIpc) is 4.49. The van der Waals surface area contributed by atoms with E-state index in [9.17, 15) is 24.3 Å². The summed E-state index contributed by atoms with van der Waals surface area (Å²) >= 11 is 2.84. The normalized spacial score (nSPS) is 14.8. The number of methoxy groups -OCH3 is 4. The highest BCUT2D eigenvalue weighted by molar-refractivity contribution is 7.16. The Kier molecular flexibility index (Phi) is 19.0. The number of nitrogens with two attached hydrogens (primary N) is 1. The van der Waals surface area contributed by atoms with Crippen LogP contribution in [-0.4, -0.2) is 125 Å². The van der Waals surface area contributed by atoms with E-state index in [2.05, 4.69) is 35.9 Å². The first-order valence-electron chi connectivity index (χ1n) is 26.3. The molecule has 25 heteroatoms. The SMILES string of the molecule is CC(C)(C)OC(=O)c1ccc(N)cc1.COc1ccc(Nc2nc(N3CCC(C(=O)Nc4ccc(C(=O)OC(C)(C)C)cc4)C3)nc3scnc23)cc1OC.COc1ccc(Nc2nc(N3CCC(C(=O)O)C3)nc3scnc23)cc1OC. The second-order valence-corrected chi connectivity index (χ2v) is 22.7. The van der Waals surface area contributed by atoms with Gasteiger partial charge in [0.1, 0.15) is 22.2 Å². The van der Waals surface area contributed by atoms with Crippen LogP contribution in [0.15, 0.2) is 96.0 Å². The number of amides is 1. The molecule has 4 aromatic heterocycles. The molecule has 2 fully saturated rings. The Bertz CT molecular complexity index is 3590. The van der Waals surface area contributed by atoms with Crippen LogP contribution in [-0.2, 0) is 19.1 Å². The number of nitrogens with one attached hydrogen (secondary N) is 3. The average molecular weight is 1170 g/mol. The predicted octanol–water partition coefficient (Wildman–Crippen LogP) is 10.2. The van der Waals surface area contributed by atoms with Crippen LogP contribution in [0.1, 0.15) is 75.1 Å². The molecule has 83 heavy (non-hydrogen) atoms. The molecular formula is C58H66N12O11S2.